The van der Waals surface area contributed by atoms with Crippen LogP contribution in [0.25, 0.3) is 0 Å². The van der Waals surface area contributed by atoms with Crippen LogP contribution in [-0.4, -0.2) is 39.9 Å². The van der Waals surface area contributed by atoms with Gasteiger partial charge in [0.25, 0.3) is 0 Å². The zero-order valence-electron chi connectivity index (χ0n) is 16.9. The lowest BCUT2D eigenvalue weighted by Crippen LogP contribution is -2.46. The van der Waals surface area contributed by atoms with Crippen molar-refractivity contribution in [2.24, 2.45) is 10.7 Å². The molecule has 1 aliphatic rings. The molecule has 0 aromatic heterocycles. The summed E-state index contributed by atoms with van der Waals surface area (Å²) in [5.74, 6) is 1.76. The standard InChI is InChI=1S/C22H28ClN3O3/c1-27-19-8-7-16(13-20(19)28-2)14-25-21(24)26-15-22(9-11-29-12-10-22)17-5-3-4-6-18(17)23/h3-8,13H,9-12,14-15H2,1-2H3,(H3,24,25,26). The molecule has 1 fully saturated rings. The number of benzene rings is 2. The van der Waals surface area contributed by atoms with Gasteiger partial charge in [-0.15, -0.1) is 0 Å². The number of nitrogens with zero attached hydrogens (tertiary/aromatic N) is 1. The fourth-order valence-electron chi connectivity index (χ4n) is 3.67. The van der Waals surface area contributed by atoms with Gasteiger partial charge in [0.15, 0.2) is 17.5 Å². The molecule has 0 aliphatic carbocycles. The Morgan fingerprint density at radius 2 is 1.86 bits per heavy atom. The Kier molecular flexibility index (Phi) is 7.23. The van der Waals surface area contributed by atoms with E-state index in [4.69, 9.17) is 31.5 Å². The fraction of sp³-hybridized carbons (Fsp3) is 0.409. The summed E-state index contributed by atoms with van der Waals surface area (Å²) in [6.07, 6.45) is 1.76. The lowest BCUT2D eigenvalue weighted by Gasteiger charge is -2.38. The Bertz CT molecular complexity index is 851. The average Bonchev–Trinajstić information content (AvgIpc) is 2.77. The van der Waals surface area contributed by atoms with Crippen molar-refractivity contribution in [1.82, 2.24) is 5.32 Å². The molecule has 0 unspecified atom stereocenters. The SMILES string of the molecule is COc1ccc(CN=C(N)NCC2(c3ccccc3Cl)CCOCC2)cc1OC. The number of halogens is 1. The molecule has 7 heteroatoms. The summed E-state index contributed by atoms with van der Waals surface area (Å²) in [4.78, 5) is 4.48. The number of guanidine groups is 1. The predicted molar refractivity (Wildman–Crippen MR) is 116 cm³/mol. The van der Waals surface area contributed by atoms with Gasteiger partial charge in [-0.2, -0.15) is 0 Å². The Balaban J connectivity index is 1.69. The van der Waals surface area contributed by atoms with Crippen LogP contribution in [0.4, 0.5) is 0 Å². The van der Waals surface area contributed by atoms with Crippen LogP contribution in [0.5, 0.6) is 11.5 Å². The summed E-state index contributed by atoms with van der Waals surface area (Å²) in [6.45, 7) is 2.51. The first-order valence-corrected chi connectivity index (χ1v) is 10.0. The smallest absolute Gasteiger partial charge is 0.188 e. The number of rotatable bonds is 7. The molecule has 6 nitrogen and oxygen atoms in total. The van der Waals surface area contributed by atoms with Gasteiger partial charge >= 0.3 is 0 Å². The van der Waals surface area contributed by atoms with E-state index in [2.05, 4.69) is 16.4 Å². The third-order valence-electron chi connectivity index (χ3n) is 5.38. The van der Waals surface area contributed by atoms with E-state index in [0.29, 0.717) is 43.8 Å². The first-order valence-electron chi connectivity index (χ1n) is 9.65. The van der Waals surface area contributed by atoms with Gasteiger partial charge in [-0.3, -0.25) is 0 Å². The zero-order chi connectivity index (χ0) is 20.7. The molecule has 2 aromatic carbocycles. The van der Waals surface area contributed by atoms with Crippen LogP contribution >= 0.6 is 11.6 Å². The minimum absolute atomic E-state index is 0.125. The van der Waals surface area contributed by atoms with Crippen molar-refractivity contribution < 1.29 is 14.2 Å². The van der Waals surface area contributed by atoms with Crippen LogP contribution in [0.1, 0.15) is 24.0 Å². The number of methoxy groups -OCH3 is 2. The van der Waals surface area contributed by atoms with Gasteiger partial charge < -0.3 is 25.3 Å². The van der Waals surface area contributed by atoms with Crippen molar-refractivity contribution in [2.75, 3.05) is 34.0 Å². The normalized spacial score (nSPS) is 16.3. The molecule has 0 radical (unpaired) electrons. The Labute approximate surface area is 177 Å². The van der Waals surface area contributed by atoms with Gasteiger partial charge in [0.1, 0.15) is 0 Å². The minimum Gasteiger partial charge on any atom is -0.493 e. The lowest BCUT2D eigenvalue weighted by molar-refractivity contribution is 0.0514. The first-order chi connectivity index (χ1) is 14.1. The van der Waals surface area contributed by atoms with Crippen molar-refractivity contribution in [3.8, 4) is 11.5 Å². The van der Waals surface area contributed by atoms with E-state index >= 15 is 0 Å². The molecule has 3 rings (SSSR count). The highest BCUT2D eigenvalue weighted by molar-refractivity contribution is 6.31. The third-order valence-corrected chi connectivity index (χ3v) is 5.71. The van der Waals surface area contributed by atoms with E-state index in [-0.39, 0.29) is 5.41 Å². The minimum atomic E-state index is -0.125. The number of nitrogens with one attached hydrogen (secondary N) is 1. The molecule has 3 N–H and O–H groups in total. The van der Waals surface area contributed by atoms with Gasteiger partial charge in [-0.25, -0.2) is 4.99 Å². The second-order valence-electron chi connectivity index (χ2n) is 7.12. The molecule has 0 bridgehead atoms. The number of nitrogens with two attached hydrogens (primary N) is 1. The highest BCUT2D eigenvalue weighted by atomic mass is 35.5. The molecular weight excluding hydrogens is 390 g/mol. The Morgan fingerprint density at radius 1 is 1.14 bits per heavy atom. The first kappa shape index (κ1) is 21.3. The molecule has 0 spiro atoms. The maximum atomic E-state index is 6.50. The van der Waals surface area contributed by atoms with E-state index in [1.807, 2.05) is 36.4 Å². The van der Waals surface area contributed by atoms with E-state index < -0.39 is 0 Å². The lowest BCUT2D eigenvalue weighted by atomic mass is 9.74. The van der Waals surface area contributed by atoms with Gasteiger partial charge in [0, 0.05) is 30.2 Å². The third kappa shape index (κ3) is 5.14. The zero-order valence-corrected chi connectivity index (χ0v) is 17.7. The van der Waals surface area contributed by atoms with Gasteiger partial charge in [-0.05, 0) is 42.2 Å². The molecule has 1 saturated heterocycles. The Hall–Kier alpha value is -2.44. The summed E-state index contributed by atoms with van der Waals surface area (Å²) in [5, 5.41) is 4.07. The molecule has 29 heavy (non-hydrogen) atoms. The van der Waals surface area contributed by atoms with Crippen LogP contribution in [0.15, 0.2) is 47.5 Å². The van der Waals surface area contributed by atoms with Gasteiger partial charge in [0.05, 0.1) is 20.8 Å². The maximum absolute atomic E-state index is 6.50. The van der Waals surface area contributed by atoms with Crippen molar-refractivity contribution in [1.29, 1.82) is 0 Å². The summed E-state index contributed by atoms with van der Waals surface area (Å²) in [5.41, 5.74) is 8.15. The molecule has 1 heterocycles. The van der Waals surface area contributed by atoms with Crippen LogP contribution in [-0.2, 0) is 16.7 Å². The number of hydrogen-bond acceptors (Lipinski definition) is 4. The van der Waals surface area contributed by atoms with Crippen LogP contribution in [0.2, 0.25) is 5.02 Å². The molecule has 1 aliphatic heterocycles. The van der Waals surface area contributed by atoms with Gasteiger partial charge in [-0.1, -0.05) is 35.9 Å². The highest BCUT2D eigenvalue weighted by Gasteiger charge is 2.36. The Morgan fingerprint density at radius 3 is 2.55 bits per heavy atom. The van der Waals surface area contributed by atoms with E-state index in [1.165, 1.54) is 0 Å². The second kappa shape index (κ2) is 9.85. The average molecular weight is 418 g/mol. The molecule has 2 aromatic rings. The monoisotopic (exact) mass is 417 g/mol. The van der Waals surface area contributed by atoms with Crippen molar-refractivity contribution in [3.63, 3.8) is 0 Å². The fourth-order valence-corrected chi connectivity index (χ4v) is 4.00. The van der Waals surface area contributed by atoms with E-state index in [1.54, 1.807) is 14.2 Å². The summed E-state index contributed by atoms with van der Waals surface area (Å²) < 4.78 is 16.2. The van der Waals surface area contributed by atoms with E-state index in [0.717, 1.165) is 29.0 Å². The summed E-state index contributed by atoms with van der Waals surface area (Å²) in [6, 6.07) is 13.7. The summed E-state index contributed by atoms with van der Waals surface area (Å²) >= 11 is 6.50. The maximum Gasteiger partial charge on any atom is 0.188 e. The number of hydrogen-bond donors (Lipinski definition) is 2. The van der Waals surface area contributed by atoms with Crippen LogP contribution in [0, 0.1) is 0 Å². The highest BCUT2D eigenvalue weighted by Crippen LogP contribution is 2.38. The number of ether oxygens (including phenoxy) is 3. The quantitative estimate of drug-likeness (QED) is 0.532. The summed E-state index contributed by atoms with van der Waals surface area (Å²) in [7, 11) is 3.23. The number of aliphatic imine (C=N–C) groups is 1. The molecule has 156 valence electrons. The van der Waals surface area contributed by atoms with E-state index in [9.17, 15) is 0 Å². The molecular formula is C22H28ClN3O3. The van der Waals surface area contributed by atoms with Crippen LogP contribution < -0.4 is 20.5 Å². The molecule has 0 atom stereocenters. The molecule has 0 saturated carbocycles. The second-order valence-corrected chi connectivity index (χ2v) is 7.52. The predicted octanol–water partition coefficient (Wildman–Crippen LogP) is 3.51. The topological polar surface area (TPSA) is 78.1 Å². The largest absolute Gasteiger partial charge is 0.493 e. The van der Waals surface area contributed by atoms with Crippen molar-refractivity contribution in [2.45, 2.75) is 24.8 Å². The van der Waals surface area contributed by atoms with Crippen molar-refractivity contribution >= 4 is 17.6 Å². The van der Waals surface area contributed by atoms with Gasteiger partial charge in [0.2, 0.25) is 0 Å². The molecule has 0 amide bonds. The van der Waals surface area contributed by atoms with Crippen molar-refractivity contribution in [3.05, 3.63) is 58.6 Å². The van der Waals surface area contributed by atoms with Crippen LogP contribution in [0.3, 0.4) is 0 Å².